The van der Waals surface area contributed by atoms with E-state index in [0.717, 1.165) is 0 Å². The molecule has 0 saturated heterocycles. The molecule has 1 aromatic carbocycles. The third-order valence-corrected chi connectivity index (χ3v) is 2.60. The summed E-state index contributed by atoms with van der Waals surface area (Å²) in [4.78, 5) is 10.6. The van der Waals surface area contributed by atoms with E-state index in [1.807, 2.05) is 0 Å². The molecule has 2 N–H and O–H groups in total. The molecule has 0 aromatic heterocycles. The Morgan fingerprint density at radius 3 is 3.00 bits per heavy atom. The highest BCUT2D eigenvalue weighted by atomic mass is 19.1. The van der Waals surface area contributed by atoms with E-state index in [-0.39, 0.29) is 5.82 Å². The lowest BCUT2D eigenvalue weighted by atomic mass is 9.99. The minimum atomic E-state index is -1.54. The summed E-state index contributed by atoms with van der Waals surface area (Å²) in [5.74, 6) is -1.21. The van der Waals surface area contributed by atoms with Crippen molar-refractivity contribution < 1.29 is 24.1 Å². The van der Waals surface area contributed by atoms with Gasteiger partial charge in [0.05, 0.1) is 0 Å². The highest BCUT2D eigenvalue weighted by Gasteiger charge is 2.31. The van der Waals surface area contributed by atoms with Gasteiger partial charge in [-0.15, -0.1) is 0 Å². The molecule has 0 radical (unpaired) electrons. The lowest BCUT2D eigenvalue weighted by Crippen LogP contribution is -2.40. The largest absolute Gasteiger partial charge is 0.487 e. The zero-order valence-electron chi connectivity index (χ0n) is 8.39. The number of benzene rings is 1. The van der Waals surface area contributed by atoms with Crippen LogP contribution in [0.2, 0.25) is 0 Å². The molecule has 5 heteroatoms. The number of rotatable bonds is 2. The molecule has 0 spiro atoms. The van der Waals surface area contributed by atoms with Gasteiger partial charge in [-0.3, -0.25) is 0 Å². The van der Waals surface area contributed by atoms with Crippen LogP contribution in [-0.2, 0) is 11.2 Å². The van der Waals surface area contributed by atoms with Gasteiger partial charge in [-0.2, -0.15) is 0 Å². The van der Waals surface area contributed by atoms with E-state index >= 15 is 0 Å². The lowest BCUT2D eigenvalue weighted by Gasteiger charge is -2.27. The number of ether oxygens (including phenoxy) is 1. The lowest BCUT2D eigenvalue weighted by molar-refractivity contribution is -0.152. The average Bonchev–Trinajstić information content (AvgIpc) is 2.27. The van der Waals surface area contributed by atoms with Gasteiger partial charge in [-0.25, -0.2) is 9.18 Å². The van der Waals surface area contributed by atoms with Crippen molar-refractivity contribution in [3.63, 3.8) is 0 Å². The number of aliphatic carboxylic acids is 1. The number of aryl methyl sites for hydroxylation is 1. The number of fused-ring (bicyclic) bond motifs is 1. The molecule has 1 aliphatic heterocycles. The summed E-state index contributed by atoms with van der Waals surface area (Å²) in [5.41, 5.74) is 0.703. The number of carboxylic acids is 1. The Hall–Kier alpha value is -1.62. The van der Waals surface area contributed by atoms with E-state index < -0.39 is 18.2 Å². The molecule has 16 heavy (non-hydrogen) atoms. The topological polar surface area (TPSA) is 66.8 Å². The van der Waals surface area contributed by atoms with Gasteiger partial charge in [0.25, 0.3) is 0 Å². The fourth-order valence-corrected chi connectivity index (χ4v) is 1.76. The quantitative estimate of drug-likeness (QED) is 0.788. The maximum Gasteiger partial charge on any atom is 0.336 e. The summed E-state index contributed by atoms with van der Waals surface area (Å²) in [5, 5.41) is 18.0. The molecule has 2 rings (SSSR count). The molecule has 2 atom stereocenters. The zero-order valence-corrected chi connectivity index (χ0v) is 8.39. The van der Waals surface area contributed by atoms with Crippen molar-refractivity contribution in [2.45, 2.75) is 25.0 Å². The number of carbonyl (C=O) groups is 1. The molecule has 4 nitrogen and oxygen atoms in total. The first kappa shape index (κ1) is 10.9. The van der Waals surface area contributed by atoms with Crippen LogP contribution in [0.1, 0.15) is 12.0 Å². The number of halogens is 1. The van der Waals surface area contributed by atoms with Crippen LogP contribution < -0.4 is 4.74 Å². The van der Waals surface area contributed by atoms with Gasteiger partial charge in [0.1, 0.15) is 17.7 Å². The van der Waals surface area contributed by atoms with Crippen LogP contribution in [0.5, 0.6) is 5.75 Å². The van der Waals surface area contributed by atoms with Crippen molar-refractivity contribution in [2.75, 3.05) is 0 Å². The Bertz CT molecular complexity index is 418. The standard InChI is InChI=1S/C11H11FO4/c12-7-2-4-8-6(5-7)1-3-9(16-8)10(13)11(14)15/h2,4-5,9-10,13H,1,3H2,(H,14,15). The van der Waals surface area contributed by atoms with E-state index in [4.69, 9.17) is 9.84 Å². The Morgan fingerprint density at radius 2 is 2.31 bits per heavy atom. The number of hydrogen-bond acceptors (Lipinski definition) is 3. The van der Waals surface area contributed by atoms with E-state index in [1.165, 1.54) is 18.2 Å². The normalized spacial score (nSPS) is 20.8. The third kappa shape index (κ3) is 1.99. The van der Waals surface area contributed by atoms with Crippen molar-refractivity contribution in [1.29, 1.82) is 0 Å². The molecule has 86 valence electrons. The predicted molar refractivity (Wildman–Crippen MR) is 52.8 cm³/mol. The van der Waals surface area contributed by atoms with Crippen LogP contribution in [0, 0.1) is 5.82 Å². The van der Waals surface area contributed by atoms with Crippen molar-refractivity contribution in [2.24, 2.45) is 0 Å². The van der Waals surface area contributed by atoms with Gasteiger partial charge in [-0.05, 0) is 36.6 Å². The maximum absolute atomic E-state index is 12.9. The van der Waals surface area contributed by atoms with Crippen LogP contribution in [0.25, 0.3) is 0 Å². The van der Waals surface area contributed by atoms with Gasteiger partial charge in [0.15, 0.2) is 6.10 Å². The Morgan fingerprint density at radius 1 is 1.56 bits per heavy atom. The number of carboxylic acid groups (broad SMARTS) is 1. The molecule has 1 aromatic rings. The summed E-state index contributed by atoms with van der Waals surface area (Å²) >= 11 is 0. The third-order valence-electron chi connectivity index (χ3n) is 2.60. The molecule has 2 unspecified atom stereocenters. The van der Waals surface area contributed by atoms with Crippen LogP contribution >= 0.6 is 0 Å². The Balaban J connectivity index is 2.18. The summed E-state index contributed by atoms with van der Waals surface area (Å²) in [7, 11) is 0. The fourth-order valence-electron chi connectivity index (χ4n) is 1.76. The van der Waals surface area contributed by atoms with E-state index in [0.29, 0.717) is 24.2 Å². The van der Waals surface area contributed by atoms with E-state index in [1.54, 1.807) is 0 Å². The Labute approximate surface area is 91.3 Å². The van der Waals surface area contributed by atoms with Gasteiger partial charge < -0.3 is 14.9 Å². The van der Waals surface area contributed by atoms with Crippen molar-refractivity contribution in [3.05, 3.63) is 29.6 Å². The van der Waals surface area contributed by atoms with Crippen LogP contribution in [0.15, 0.2) is 18.2 Å². The molecule has 0 fully saturated rings. The second-order valence-corrected chi connectivity index (χ2v) is 3.73. The average molecular weight is 226 g/mol. The van der Waals surface area contributed by atoms with Crippen LogP contribution in [0.4, 0.5) is 4.39 Å². The molecule has 0 aliphatic carbocycles. The summed E-state index contributed by atoms with van der Waals surface area (Å²) in [6, 6.07) is 4.05. The summed E-state index contributed by atoms with van der Waals surface area (Å²) in [6.45, 7) is 0. The highest BCUT2D eigenvalue weighted by Crippen LogP contribution is 2.29. The smallest absolute Gasteiger partial charge is 0.336 e. The van der Waals surface area contributed by atoms with Gasteiger partial charge in [0.2, 0.25) is 0 Å². The molecule has 1 heterocycles. The summed E-state index contributed by atoms with van der Waals surface area (Å²) in [6.07, 6.45) is -1.44. The molecular weight excluding hydrogens is 215 g/mol. The highest BCUT2D eigenvalue weighted by molar-refractivity contribution is 5.72. The first-order valence-electron chi connectivity index (χ1n) is 4.94. The maximum atomic E-state index is 12.9. The number of aliphatic hydroxyl groups is 1. The fraction of sp³-hybridized carbons (Fsp3) is 0.364. The second-order valence-electron chi connectivity index (χ2n) is 3.73. The van der Waals surface area contributed by atoms with Crippen molar-refractivity contribution in [1.82, 2.24) is 0 Å². The minimum absolute atomic E-state index is 0.348. The second kappa shape index (κ2) is 4.09. The predicted octanol–water partition coefficient (Wildman–Crippen LogP) is 0.965. The van der Waals surface area contributed by atoms with E-state index in [9.17, 15) is 14.3 Å². The molecular formula is C11H11FO4. The zero-order chi connectivity index (χ0) is 11.7. The van der Waals surface area contributed by atoms with E-state index in [2.05, 4.69) is 0 Å². The van der Waals surface area contributed by atoms with Gasteiger partial charge >= 0.3 is 5.97 Å². The van der Waals surface area contributed by atoms with Crippen LogP contribution in [0.3, 0.4) is 0 Å². The molecule has 0 bridgehead atoms. The Kier molecular flexibility index (Phi) is 2.78. The SMILES string of the molecule is O=C(O)C(O)C1CCc2cc(F)ccc2O1. The first-order valence-corrected chi connectivity index (χ1v) is 4.94. The number of aliphatic hydroxyl groups excluding tert-OH is 1. The molecule has 1 aliphatic rings. The van der Waals surface area contributed by atoms with Crippen molar-refractivity contribution >= 4 is 5.97 Å². The van der Waals surface area contributed by atoms with Crippen molar-refractivity contribution in [3.8, 4) is 5.75 Å². The molecule has 0 saturated carbocycles. The van der Waals surface area contributed by atoms with Gasteiger partial charge in [-0.1, -0.05) is 0 Å². The summed E-state index contributed by atoms with van der Waals surface area (Å²) < 4.78 is 18.2. The first-order chi connectivity index (χ1) is 7.58. The monoisotopic (exact) mass is 226 g/mol. The van der Waals surface area contributed by atoms with Crippen LogP contribution in [-0.4, -0.2) is 28.4 Å². The minimum Gasteiger partial charge on any atom is -0.487 e. The molecule has 0 amide bonds. The van der Waals surface area contributed by atoms with Gasteiger partial charge in [0, 0.05) is 0 Å². The number of hydrogen-bond donors (Lipinski definition) is 2.